The third kappa shape index (κ3) is 3.95. The molecule has 3 heterocycles. The molecule has 2 aromatic heterocycles. The third-order valence-corrected chi connectivity index (χ3v) is 4.93. The van der Waals surface area contributed by atoms with Gasteiger partial charge in [-0.05, 0) is 19.1 Å². The van der Waals surface area contributed by atoms with Crippen molar-refractivity contribution in [1.82, 2.24) is 24.6 Å². The molecule has 9 nitrogen and oxygen atoms in total. The van der Waals surface area contributed by atoms with E-state index in [9.17, 15) is 9.59 Å². The lowest BCUT2D eigenvalue weighted by atomic mass is 10.2. The second kappa shape index (κ2) is 8.57. The van der Waals surface area contributed by atoms with E-state index in [2.05, 4.69) is 10.1 Å². The molecule has 2 aromatic rings. The molecule has 0 saturated carbocycles. The fourth-order valence-electron chi connectivity index (χ4n) is 2.96. The molecule has 0 spiro atoms. The molecule has 1 atom stereocenters. The largest absolute Gasteiger partial charge is 0.480 e. The minimum Gasteiger partial charge on any atom is -0.480 e. The summed E-state index contributed by atoms with van der Waals surface area (Å²) in [5.41, 5.74) is 0.294. The van der Waals surface area contributed by atoms with Crippen LogP contribution in [-0.4, -0.2) is 82.9 Å². The zero-order valence-electron chi connectivity index (χ0n) is 16.0. The molecule has 1 saturated heterocycles. The van der Waals surface area contributed by atoms with E-state index in [1.807, 2.05) is 0 Å². The van der Waals surface area contributed by atoms with Crippen molar-refractivity contribution in [2.24, 2.45) is 0 Å². The van der Waals surface area contributed by atoms with Gasteiger partial charge in [-0.15, -0.1) is 5.10 Å². The highest BCUT2D eigenvalue weighted by molar-refractivity contribution is 6.32. The lowest BCUT2D eigenvalue weighted by Gasteiger charge is -2.35. The molecule has 3 rings (SSSR count). The number of piperazine rings is 1. The van der Waals surface area contributed by atoms with Crippen LogP contribution in [0.2, 0.25) is 5.02 Å². The molecule has 1 unspecified atom stereocenters. The first-order valence-electron chi connectivity index (χ1n) is 8.82. The van der Waals surface area contributed by atoms with Crippen LogP contribution in [-0.2, 0) is 9.53 Å². The van der Waals surface area contributed by atoms with E-state index < -0.39 is 6.10 Å². The van der Waals surface area contributed by atoms with Gasteiger partial charge in [0.2, 0.25) is 5.88 Å². The number of halogens is 1. The van der Waals surface area contributed by atoms with Gasteiger partial charge in [0.15, 0.2) is 5.82 Å². The number of hydrogen-bond acceptors (Lipinski definition) is 6. The lowest BCUT2D eigenvalue weighted by molar-refractivity contribution is -0.142. The Kier molecular flexibility index (Phi) is 6.15. The Morgan fingerprint density at radius 1 is 1.18 bits per heavy atom. The van der Waals surface area contributed by atoms with Crippen molar-refractivity contribution in [3.8, 4) is 11.7 Å². The first-order valence-corrected chi connectivity index (χ1v) is 9.19. The van der Waals surface area contributed by atoms with Crippen molar-refractivity contribution < 1.29 is 19.1 Å². The summed E-state index contributed by atoms with van der Waals surface area (Å²) in [4.78, 5) is 32.9. The smallest absolute Gasteiger partial charge is 0.272 e. The van der Waals surface area contributed by atoms with Gasteiger partial charge < -0.3 is 19.3 Å². The van der Waals surface area contributed by atoms with E-state index >= 15 is 0 Å². The number of aromatic nitrogens is 3. The summed E-state index contributed by atoms with van der Waals surface area (Å²) in [5.74, 6) is 0.317. The number of rotatable bonds is 5. The van der Waals surface area contributed by atoms with Gasteiger partial charge in [-0.1, -0.05) is 11.6 Å². The molecule has 0 radical (unpaired) electrons. The Labute approximate surface area is 167 Å². The van der Waals surface area contributed by atoms with Crippen LogP contribution in [0.15, 0.2) is 24.4 Å². The average molecular weight is 408 g/mol. The molecule has 150 valence electrons. The fraction of sp³-hybridized carbons (Fsp3) is 0.444. The molecule has 10 heteroatoms. The molecule has 0 aliphatic carbocycles. The summed E-state index contributed by atoms with van der Waals surface area (Å²) < 4.78 is 11.6. The summed E-state index contributed by atoms with van der Waals surface area (Å²) >= 11 is 6.23. The molecule has 0 aromatic carbocycles. The number of ether oxygens (including phenoxy) is 2. The van der Waals surface area contributed by atoms with Crippen LogP contribution in [0, 0.1) is 0 Å². The van der Waals surface area contributed by atoms with Crippen molar-refractivity contribution in [1.29, 1.82) is 0 Å². The fourth-order valence-corrected chi connectivity index (χ4v) is 3.16. The van der Waals surface area contributed by atoms with Crippen LogP contribution in [0.3, 0.4) is 0 Å². The average Bonchev–Trinajstić information content (AvgIpc) is 3.16. The van der Waals surface area contributed by atoms with Crippen LogP contribution in [0.25, 0.3) is 5.82 Å². The predicted molar refractivity (Wildman–Crippen MR) is 102 cm³/mol. The highest BCUT2D eigenvalue weighted by Crippen LogP contribution is 2.23. The van der Waals surface area contributed by atoms with Crippen molar-refractivity contribution in [3.05, 3.63) is 35.1 Å². The summed E-state index contributed by atoms with van der Waals surface area (Å²) in [7, 11) is 2.97. The second-order valence-corrected chi connectivity index (χ2v) is 6.70. The number of methoxy groups -OCH3 is 2. The molecule has 0 N–H and O–H groups in total. The van der Waals surface area contributed by atoms with Crippen LogP contribution in [0.1, 0.15) is 17.4 Å². The minimum atomic E-state index is -0.501. The highest BCUT2D eigenvalue weighted by atomic mass is 35.5. The second-order valence-electron chi connectivity index (χ2n) is 6.29. The lowest BCUT2D eigenvalue weighted by Crippen LogP contribution is -2.53. The van der Waals surface area contributed by atoms with Crippen molar-refractivity contribution >= 4 is 23.4 Å². The standard InChI is InChI=1S/C18H22ClN5O4/c1-12(27-2)17(25)22-7-9-23(10-8-22)18(26)14-11-15(28-3)21-24(14)16-13(19)5-4-6-20-16/h4-6,11-12H,7-10H2,1-3H3. The predicted octanol–water partition coefficient (Wildman–Crippen LogP) is 1.25. The van der Waals surface area contributed by atoms with E-state index in [-0.39, 0.29) is 17.7 Å². The van der Waals surface area contributed by atoms with Gasteiger partial charge in [0, 0.05) is 45.6 Å². The quantitative estimate of drug-likeness (QED) is 0.741. The number of amides is 2. The van der Waals surface area contributed by atoms with Crippen LogP contribution in [0.5, 0.6) is 5.88 Å². The maximum Gasteiger partial charge on any atom is 0.272 e. The maximum atomic E-state index is 13.1. The molecule has 1 aliphatic heterocycles. The monoisotopic (exact) mass is 407 g/mol. The van der Waals surface area contributed by atoms with Crippen molar-refractivity contribution in [2.45, 2.75) is 13.0 Å². The van der Waals surface area contributed by atoms with E-state index in [0.29, 0.717) is 42.7 Å². The van der Waals surface area contributed by atoms with Crippen LogP contribution >= 0.6 is 11.6 Å². The SMILES string of the molecule is COc1cc(C(=O)N2CCN(C(=O)C(C)OC)CC2)n(-c2ncccc2Cl)n1. The molecular formula is C18H22ClN5O4. The van der Waals surface area contributed by atoms with E-state index in [0.717, 1.165) is 0 Å². The molecule has 1 fully saturated rings. The van der Waals surface area contributed by atoms with Crippen LogP contribution < -0.4 is 4.74 Å². The van der Waals surface area contributed by atoms with E-state index in [1.54, 1.807) is 41.1 Å². The topological polar surface area (TPSA) is 89.8 Å². The Balaban J connectivity index is 1.80. The Morgan fingerprint density at radius 3 is 2.46 bits per heavy atom. The van der Waals surface area contributed by atoms with Gasteiger partial charge in [-0.2, -0.15) is 0 Å². The van der Waals surface area contributed by atoms with Gasteiger partial charge in [-0.3, -0.25) is 9.59 Å². The zero-order chi connectivity index (χ0) is 20.3. The molecular weight excluding hydrogens is 386 g/mol. The molecule has 28 heavy (non-hydrogen) atoms. The Bertz CT molecular complexity index is 863. The number of hydrogen-bond donors (Lipinski definition) is 0. The van der Waals surface area contributed by atoms with E-state index in [4.69, 9.17) is 21.1 Å². The number of carbonyl (C=O) groups excluding carboxylic acids is 2. The molecule has 2 amide bonds. The molecule has 1 aliphatic rings. The van der Waals surface area contributed by atoms with Gasteiger partial charge in [0.05, 0.1) is 12.1 Å². The number of pyridine rings is 1. The number of nitrogens with zero attached hydrogens (tertiary/aromatic N) is 5. The van der Waals surface area contributed by atoms with Crippen molar-refractivity contribution in [3.63, 3.8) is 0 Å². The van der Waals surface area contributed by atoms with Crippen LogP contribution in [0.4, 0.5) is 0 Å². The summed E-state index contributed by atoms with van der Waals surface area (Å²) in [6.07, 6.45) is 1.07. The zero-order valence-corrected chi connectivity index (χ0v) is 16.7. The summed E-state index contributed by atoms with van der Waals surface area (Å²) in [5, 5.41) is 4.64. The third-order valence-electron chi connectivity index (χ3n) is 4.63. The van der Waals surface area contributed by atoms with Gasteiger partial charge in [-0.25, -0.2) is 9.67 Å². The van der Waals surface area contributed by atoms with Gasteiger partial charge in [0.1, 0.15) is 11.8 Å². The number of carbonyl (C=O) groups is 2. The van der Waals surface area contributed by atoms with Gasteiger partial charge >= 0.3 is 0 Å². The Morgan fingerprint density at radius 2 is 1.86 bits per heavy atom. The molecule has 0 bridgehead atoms. The Hall–Kier alpha value is -2.65. The minimum absolute atomic E-state index is 0.0819. The maximum absolute atomic E-state index is 13.1. The van der Waals surface area contributed by atoms with Crippen molar-refractivity contribution in [2.75, 3.05) is 40.4 Å². The summed E-state index contributed by atoms with van der Waals surface area (Å²) in [6, 6.07) is 4.93. The van der Waals surface area contributed by atoms with E-state index in [1.165, 1.54) is 18.9 Å². The normalized spacial score (nSPS) is 15.4. The summed E-state index contributed by atoms with van der Waals surface area (Å²) in [6.45, 7) is 3.40. The first kappa shape index (κ1) is 20.1. The highest BCUT2D eigenvalue weighted by Gasteiger charge is 2.30. The van der Waals surface area contributed by atoms with Gasteiger partial charge in [0.25, 0.3) is 11.8 Å². The first-order chi connectivity index (χ1) is 13.5.